The highest BCUT2D eigenvalue weighted by atomic mass is 35.5. The zero-order valence-corrected chi connectivity index (χ0v) is 16.6. The fourth-order valence-corrected chi connectivity index (χ4v) is 3.29. The number of nitrogens with one attached hydrogen (secondary N) is 1. The van der Waals surface area contributed by atoms with Crippen LogP contribution in [0.25, 0.3) is 11.0 Å². The van der Waals surface area contributed by atoms with Gasteiger partial charge in [0.1, 0.15) is 5.82 Å². The number of halogens is 1. The number of rotatable bonds is 3. The van der Waals surface area contributed by atoms with Gasteiger partial charge in [-0.15, -0.1) is 0 Å². The molecule has 3 aromatic rings. The lowest BCUT2D eigenvalue weighted by Crippen LogP contribution is -2.23. The number of hydrogen-bond donors (Lipinski definition) is 1. The summed E-state index contributed by atoms with van der Waals surface area (Å²) < 4.78 is 1.92. The molecule has 4 rings (SSSR count). The van der Waals surface area contributed by atoms with Crippen LogP contribution >= 0.6 is 11.6 Å². The summed E-state index contributed by atoms with van der Waals surface area (Å²) in [6, 6.07) is 5.30. The van der Waals surface area contributed by atoms with Gasteiger partial charge in [0.2, 0.25) is 0 Å². The lowest BCUT2D eigenvalue weighted by atomic mass is 10.1. The summed E-state index contributed by atoms with van der Waals surface area (Å²) in [4.78, 5) is 22.1. The average molecular weight is 384 g/mol. The van der Waals surface area contributed by atoms with Gasteiger partial charge in [-0.05, 0) is 58.7 Å². The number of nitrogens with zero attached hydrogens (tertiary/aromatic N) is 4. The number of amides is 1. The Morgan fingerprint density at radius 2 is 2.04 bits per heavy atom. The molecule has 1 amide bonds. The maximum Gasteiger partial charge on any atom is 0.257 e. The highest BCUT2D eigenvalue weighted by molar-refractivity contribution is 6.30. The normalized spacial score (nSPS) is 14.6. The van der Waals surface area contributed by atoms with E-state index in [4.69, 9.17) is 16.6 Å². The second-order valence-electron chi connectivity index (χ2n) is 8.05. The SMILES string of the molecule is Cc1nn(C(C)(C)C)c2nc(C3CC3)cc(C(=O)Nc3ccc(Cl)cn3)c12. The van der Waals surface area contributed by atoms with Gasteiger partial charge < -0.3 is 5.32 Å². The minimum atomic E-state index is -0.229. The number of carbonyl (C=O) groups excluding carboxylic acids is 1. The maximum absolute atomic E-state index is 13.1. The molecule has 0 atom stereocenters. The first kappa shape index (κ1) is 17.9. The van der Waals surface area contributed by atoms with E-state index in [9.17, 15) is 4.79 Å². The van der Waals surface area contributed by atoms with Gasteiger partial charge in [0.05, 0.1) is 27.2 Å². The smallest absolute Gasteiger partial charge is 0.257 e. The molecular formula is C20H22ClN5O. The molecule has 0 aromatic carbocycles. The lowest BCUT2D eigenvalue weighted by molar-refractivity contribution is 0.102. The van der Waals surface area contributed by atoms with E-state index < -0.39 is 0 Å². The Hall–Kier alpha value is -2.47. The molecule has 0 radical (unpaired) electrons. The Morgan fingerprint density at radius 1 is 1.30 bits per heavy atom. The van der Waals surface area contributed by atoms with Crippen LogP contribution in [-0.4, -0.2) is 25.7 Å². The van der Waals surface area contributed by atoms with E-state index in [-0.39, 0.29) is 11.4 Å². The molecule has 0 saturated heterocycles. The molecule has 0 unspecified atom stereocenters. The van der Waals surface area contributed by atoms with Gasteiger partial charge in [-0.2, -0.15) is 5.10 Å². The summed E-state index contributed by atoms with van der Waals surface area (Å²) in [6.07, 6.45) is 3.74. The molecule has 1 fully saturated rings. The van der Waals surface area contributed by atoms with Crippen molar-refractivity contribution in [3.05, 3.63) is 46.4 Å². The van der Waals surface area contributed by atoms with E-state index in [1.54, 1.807) is 12.1 Å². The fraction of sp³-hybridized carbons (Fsp3) is 0.400. The van der Waals surface area contributed by atoms with E-state index in [0.717, 1.165) is 35.3 Å². The highest BCUT2D eigenvalue weighted by Crippen LogP contribution is 2.41. The van der Waals surface area contributed by atoms with Gasteiger partial charge in [0.15, 0.2) is 5.65 Å². The molecule has 27 heavy (non-hydrogen) atoms. The highest BCUT2D eigenvalue weighted by Gasteiger charge is 2.30. The zero-order chi connectivity index (χ0) is 19.3. The molecule has 0 aliphatic heterocycles. The van der Waals surface area contributed by atoms with Crippen LogP contribution in [0, 0.1) is 6.92 Å². The Bertz CT molecular complexity index is 1030. The van der Waals surface area contributed by atoms with Crippen LogP contribution in [0.3, 0.4) is 0 Å². The van der Waals surface area contributed by atoms with E-state index in [1.165, 1.54) is 6.20 Å². The monoisotopic (exact) mass is 383 g/mol. The van der Waals surface area contributed by atoms with Crippen LogP contribution in [0.4, 0.5) is 5.82 Å². The standard InChI is InChI=1S/C20H22ClN5O/c1-11-17-14(19(27)24-16-8-7-13(21)10-22-16)9-15(12-5-6-12)23-18(17)26(25-11)20(2,3)4/h7-10,12H,5-6H2,1-4H3,(H,22,24,27). The van der Waals surface area contributed by atoms with Crippen molar-refractivity contribution in [3.8, 4) is 0 Å². The van der Waals surface area contributed by atoms with Crippen molar-refractivity contribution in [2.45, 2.75) is 52.0 Å². The van der Waals surface area contributed by atoms with E-state index in [2.05, 4.69) is 36.2 Å². The van der Waals surface area contributed by atoms with Crippen LogP contribution in [0.1, 0.15) is 61.3 Å². The number of fused-ring (bicyclic) bond motifs is 1. The summed E-state index contributed by atoms with van der Waals surface area (Å²) in [5, 5.41) is 8.87. The number of hydrogen-bond acceptors (Lipinski definition) is 4. The predicted molar refractivity (Wildman–Crippen MR) is 106 cm³/mol. The quantitative estimate of drug-likeness (QED) is 0.713. The minimum absolute atomic E-state index is 0.212. The van der Waals surface area contributed by atoms with Crippen LogP contribution in [0.2, 0.25) is 5.02 Å². The molecule has 1 aliphatic rings. The van der Waals surface area contributed by atoms with Gasteiger partial charge >= 0.3 is 0 Å². The lowest BCUT2D eigenvalue weighted by Gasteiger charge is -2.20. The second kappa shape index (κ2) is 6.30. The largest absolute Gasteiger partial charge is 0.307 e. The van der Waals surface area contributed by atoms with E-state index in [1.807, 2.05) is 17.7 Å². The second-order valence-corrected chi connectivity index (χ2v) is 8.49. The van der Waals surface area contributed by atoms with Gasteiger partial charge in [-0.1, -0.05) is 11.6 Å². The Kier molecular flexibility index (Phi) is 4.18. The molecule has 7 heteroatoms. The molecule has 6 nitrogen and oxygen atoms in total. The van der Waals surface area contributed by atoms with E-state index in [0.29, 0.717) is 22.3 Å². The summed E-state index contributed by atoms with van der Waals surface area (Å²) in [5.74, 6) is 0.678. The van der Waals surface area contributed by atoms with Crippen molar-refractivity contribution in [2.24, 2.45) is 0 Å². The topological polar surface area (TPSA) is 72.7 Å². The van der Waals surface area contributed by atoms with Gasteiger partial charge in [-0.25, -0.2) is 14.6 Å². The molecule has 1 aliphatic carbocycles. The summed E-state index contributed by atoms with van der Waals surface area (Å²) >= 11 is 5.88. The molecule has 140 valence electrons. The van der Waals surface area contributed by atoms with Crippen LogP contribution < -0.4 is 5.32 Å². The third-order valence-corrected chi connectivity index (χ3v) is 4.90. The third-order valence-electron chi connectivity index (χ3n) is 4.68. The first-order chi connectivity index (χ1) is 12.7. The molecule has 3 aromatic heterocycles. The fourth-order valence-electron chi connectivity index (χ4n) is 3.18. The molecular weight excluding hydrogens is 362 g/mol. The van der Waals surface area contributed by atoms with Gasteiger partial charge in [-0.3, -0.25) is 4.79 Å². The number of anilines is 1. The Morgan fingerprint density at radius 3 is 2.63 bits per heavy atom. The summed E-state index contributed by atoms with van der Waals surface area (Å²) in [7, 11) is 0. The minimum Gasteiger partial charge on any atom is -0.307 e. The van der Waals surface area contributed by atoms with Crippen LogP contribution in [-0.2, 0) is 5.54 Å². The molecule has 1 N–H and O–H groups in total. The van der Waals surface area contributed by atoms with Gasteiger partial charge in [0, 0.05) is 17.8 Å². The van der Waals surface area contributed by atoms with Crippen molar-refractivity contribution in [1.82, 2.24) is 19.7 Å². The van der Waals surface area contributed by atoms with Crippen molar-refractivity contribution in [2.75, 3.05) is 5.32 Å². The van der Waals surface area contributed by atoms with E-state index >= 15 is 0 Å². The average Bonchev–Trinajstić information content (AvgIpc) is 3.39. The van der Waals surface area contributed by atoms with Gasteiger partial charge in [0.25, 0.3) is 5.91 Å². The Labute approximate surface area is 163 Å². The molecule has 0 bridgehead atoms. The first-order valence-electron chi connectivity index (χ1n) is 9.07. The van der Waals surface area contributed by atoms with Crippen molar-refractivity contribution < 1.29 is 4.79 Å². The van der Waals surface area contributed by atoms with Crippen LogP contribution in [0.15, 0.2) is 24.4 Å². The Balaban J connectivity index is 1.84. The number of aromatic nitrogens is 4. The summed E-state index contributed by atoms with van der Waals surface area (Å²) in [6.45, 7) is 8.17. The number of aryl methyl sites for hydroxylation is 1. The van der Waals surface area contributed by atoms with Crippen molar-refractivity contribution in [3.63, 3.8) is 0 Å². The molecule has 3 heterocycles. The third kappa shape index (κ3) is 3.41. The van der Waals surface area contributed by atoms with Crippen molar-refractivity contribution >= 4 is 34.4 Å². The number of carbonyl (C=O) groups is 1. The zero-order valence-electron chi connectivity index (χ0n) is 15.9. The van der Waals surface area contributed by atoms with Crippen molar-refractivity contribution in [1.29, 1.82) is 0 Å². The predicted octanol–water partition coefficient (Wildman–Crippen LogP) is 4.67. The molecule has 1 saturated carbocycles. The molecule has 0 spiro atoms. The number of pyridine rings is 2. The maximum atomic E-state index is 13.1. The first-order valence-corrected chi connectivity index (χ1v) is 9.45. The van der Waals surface area contributed by atoms with Crippen LogP contribution in [0.5, 0.6) is 0 Å². The summed E-state index contributed by atoms with van der Waals surface area (Å²) in [5.41, 5.74) is 2.88.